The molecule has 3 heterocycles. The minimum atomic E-state index is -0.131. The number of carbonyl (C=O) groups excluding carboxylic acids is 1. The zero-order valence-electron chi connectivity index (χ0n) is 7.45. The topological polar surface area (TPSA) is 29.5 Å². The van der Waals surface area contributed by atoms with Crippen LogP contribution < -0.4 is 0 Å². The third-order valence-electron chi connectivity index (χ3n) is 2.91. The number of hydrogen-bond acceptors (Lipinski definition) is 3. The number of piperidine rings is 3. The maximum atomic E-state index is 10.7. The zero-order valence-corrected chi connectivity index (χ0v) is 7.45. The number of ether oxygens (including phenoxy) is 1. The van der Waals surface area contributed by atoms with E-state index in [1.807, 2.05) is 0 Å². The molecule has 12 heavy (non-hydrogen) atoms. The lowest BCUT2D eigenvalue weighted by Gasteiger charge is -2.43. The minimum absolute atomic E-state index is 0.131. The Morgan fingerprint density at radius 2 is 2.08 bits per heavy atom. The quantitative estimate of drug-likeness (QED) is 0.540. The zero-order chi connectivity index (χ0) is 8.55. The molecule has 68 valence electrons. The fourth-order valence-electron chi connectivity index (χ4n) is 2.26. The van der Waals surface area contributed by atoms with Gasteiger partial charge < -0.3 is 4.74 Å². The molecular formula is C9H15NO2. The molecule has 0 aliphatic carbocycles. The first kappa shape index (κ1) is 8.05. The van der Waals surface area contributed by atoms with E-state index in [1.165, 1.54) is 32.9 Å². The summed E-state index contributed by atoms with van der Waals surface area (Å²) in [5.41, 5.74) is 0. The molecule has 0 spiro atoms. The summed E-state index contributed by atoms with van der Waals surface area (Å²) < 4.78 is 5.24. The third-order valence-corrected chi connectivity index (χ3v) is 2.91. The molecule has 0 amide bonds. The highest BCUT2D eigenvalue weighted by Gasteiger charge is 2.35. The highest BCUT2D eigenvalue weighted by atomic mass is 16.5. The lowest BCUT2D eigenvalue weighted by Crippen LogP contribution is -2.51. The van der Waals surface area contributed by atoms with E-state index < -0.39 is 0 Å². The molecule has 1 atom stereocenters. The van der Waals surface area contributed by atoms with Crippen LogP contribution in [0, 0.1) is 5.92 Å². The second-order valence-electron chi connectivity index (χ2n) is 3.79. The van der Waals surface area contributed by atoms with Crippen LogP contribution >= 0.6 is 0 Å². The van der Waals surface area contributed by atoms with Crippen molar-refractivity contribution in [2.75, 3.05) is 19.6 Å². The van der Waals surface area contributed by atoms with Crippen LogP contribution in [0.3, 0.4) is 0 Å². The monoisotopic (exact) mass is 169 g/mol. The Bertz CT molecular complexity index is 185. The molecule has 3 rings (SSSR count). The van der Waals surface area contributed by atoms with E-state index in [0.29, 0.717) is 5.92 Å². The van der Waals surface area contributed by atoms with Crippen molar-refractivity contribution < 1.29 is 9.53 Å². The van der Waals surface area contributed by atoms with Crippen LogP contribution in [-0.4, -0.2) is 36.6 Å². The lowest BCUT2D eigenvalue weighted by atomic mass is 9.86. The Hall–Kier alpha value is -0.570. The molecule has 0 radical (unpaired) electrons. The summed E-state index contributed by atoms with van der Waals surface area (Å²) in [5, 5.41) is 0. The number of fused-ring (bicyclic) bond motifs is 3. The summed E-state index contributed by atoms with van der Waals surface area (Å²) in [5.74, 6) is 0.507. The SMILES string of the molecule is CC(=O)O[C@H]1CN2CCC1CC2. The number of esters is 1. The van der Waals surface area contributed by atoms with Gasteiger partial charge in [0.1, 0.15) is 6.10 Å². The van der Waals surface area contributed by atoms with Gasteiger partial charge in [0.15, 0.2) is 0 Å². The Labute approximate surface area is 72.7 Å². The van der Waals surface area contributed by atoms with Gasteiger partial charge in [-0.15, -0.1) is 0 Å². The maximum Gasteiger partial charge on any atom is 0.302 e. The maximum absolute atomic E-state index is 10.7. The molecule has 3 aliphatic rings. The smallest absolute Gasteiger partial charge is 0.302 e. The fourth-order valence-corrected chi connectivity index (χ4v) is 2.26. The summed E-state index contributed by atoms with van der Waals surface area (Å²) in [6, 6.07) is 0. The van der Waals surface area contributed by atoms with Crippen molar-refractivity contribution in [1.82, 2.24) is 4.90 Å². The Kier molecular flexibility index (Phi) is 2.05. The van der Waals surface area contributed by atoms with Gasteiger partial charge in [-0.3, -0.25) is 9.69 Å². The van der Waals surface area contributed by atoms with Crippen LogP contribution in [0.4, 0.5) is 0 Å². The molecule has 3 aliphatic heterocycles. The molecule has 3 heteroatoms. The highest BCUT2D eigenvalue weighted by molar-refractivity contribution is 5.66. The van der Waals surface area contributed by atoms with Crippen molar-refractivity contribution in [3.63, 3.8) is 0 Å². The van der Waals surface area contributed by atoms with Crippen molar-refractivity contribution >= 4 is 5.97 Å². The van der Waals surface area contributed by atoms with Crippen LogP contribution in [0.5, 0.6) is 0 Å². The van der Waals surface area contributed by atoms with Crippen molar-refractivity contribution in [2.24, 2.45) is 5.92 Å². The molecule has 0 aromatic carbocycles. The van der Waals surface area contributed by atoms with Crippen LogP contribution in [0.25, 0.3) is 0 Å². The minimum Gasteiger partial charge on any atom is -0.461 e. The van der Waals surface area contributed by atoms with Gasteiger partial charge in [0, 0.05) is 13.5 Å². The van der Waals surface area contributed by atoms with Gasteiger partial charge in [-0.2, -0.15) is 0 Å². The largest absolute Gasteiger partial charge is 0.461 e. The first-order valence-electron chi connectivity index (χ1n) is 4.65. The molecule has 2 bridgehead atoms. The van der Waals surface area contributed by atoms with Crippen molar-refractivity contribution in [3.8, 4) is 0 Å². The first-order valence-corrected chi connectivity index (χ1v) is 4.65. The molecule has 0 N–H and O–H groups in total. The van der Waals surface area contributed by atoms with Gasteiger partial charge in [0.25, 0.3) is 0 Å². The Balaban J connectivity index is 1.95. The van der Waals surface area contributed by atoms with Gasteiger partial charge >= 0.3 is 5.97 Å². The average molecular weight is 169 g/mol. The molecule has 3 nitrogen and oxygen atoms in total. The predicted molar refractivity (Wildman–Crippen MR) is 44.7 cm³/mol. The first-order chi connectivity index (χ1) is 5.75. The van der Waals surface area contributed by atoms with Crippen molar-refractivity contribution in [1.29, 1.82) is 0 Å². The lowest BCUT2D eigenvalue weighted by molar-refractivity contribution is -0.156. The molecular weight excluding hydrogens is 154 g/mol. The molecule has 0 saturated carbocycles. The predicted octanol–water partition coefficient (Wildman–Crippen LogP) is 0.644. The third kappa shape index (κ3) is 1.46. The number of nitrogens with zero attached hydrogens (tertiary/aromatic N) is 1. The second kappa shape index (κ2) is 3.05. The molecule has 3 saturated heterocycles. The van der Waals surface area contributed by atoms with E-state index in [0.717, 1.165) is 6.54 Å². The summed E-state index contributed by atoms with van der Waals surface area (Å²) >= 11 is 0. The second-order valence-corrected chi connectivity index (χ2v) is 3.79. The molecule has 0 unspecified atom stereocenters. The standard InChI is InChI=1S/C9H15NO2/c1-7(11)12-9-6-10-4-2-8(9)3-5-10/h8-9H,2-6H2,1H3/t9-/m0/s1. The summed E-state index contributed by atoms with van der Waals surface area (Å²) in [7, 11) is 0. The van der Waals surface area contributed by atoms with E-state index in [9.17, 15) is 4.79 Å². The van der Waals surface area contributed by atoms with Crippen LogP contribution in [0.1, 0.15) is 19.8 Å². The fraction of sp³-hybridized carbons (Fsp3) is 0.889. The molecule has 3 fully saturated rings. The number of rotatable bonds is 1. The van der Waals surface area contributed by atoms with Crippen LogP contribution in [0.15, 0.2) is 0 Å². The summed E-state index contributed by atoms with van der Waals surface area (Å²) in [6.07, 6.45) is 2.60. The normalized spacial score (nSPS) is 39.6. The average Bonchev–Trinajstić information content (AvgIpc) is 2.05. The summed E-state index contributed by atoms with van der Waals surface area (Å²) in [6.45, 7) is 4.85. The van der Waals surface area contributed by atoms with E-state index in [1.54, 1.807) is 0 Å². The van der Waals surface area contributed by atoms with Crippen LogP contribution in [0.2, 0.25) is 0 Å². The summed E-state index contributed by atoms with van der Waals surface area (Å²) in [4.78, 5) is 13.1. The van der Waals surface area contributed by atoms with Crippen molar-refractivity contribution in [3.05, 3.63) is 0 Å². The van der Waals surface area contributed by atoms with Gasteiger partial charge in [0.2, 0.25) is 0 Å². The van der Waals surface area contributed by atoms with E-state index in [4.69, 9.17) is 4.74 Å². The van der Waals surface area contributed by atoms with Gasteiger partial charge in [-0.25, -0.2) is 0 Å². The van der Waals surface area contributed by atoms with Crippen LogP contribution in [-0.2, 0) is 9.53 Å². The van der Waals surface area contributed by atoms with E-state index in [2.05, 4.69) is 4.90 Å². The van der Waals surface area contributed by atoms with E-state index in [-0.39, 0.29) is 12.1 Å². The Morgan fingerprint density at radius 3 is 2.50 bits per heavy atom. The number of carbonyl (C=O) groups is 1. The van der Waals surface area contributed by atoms with E-state index >= 15 is 0 Å². The van der Waals surface area contributed by atoms with Gasteiger partial charge in [0.05, 0.1) is 0 Å². The number of hydrogen-bond donors (Lipinski definition) is 0. The van der Waals surface area contributed by atoms with Crippen molar-refractivity contribution in [2.45, 2.75) is 25.9 Å². The van der Waals surface area contributed by atoms with Gasteiger partial charge in [-0.1, -0.05) is 0 Å². The molecule has 0 aromatic rings. The highest BCUT2D eigenvalue weighted by Crippen LogP contribution is 2.29. The Morgan fingerprint density at radius 1 is 1.42 bits per heavy atom. The molecule has 0 aromatic heterocycles. The van der Waals surface area contributed by atoms with Gasteiger partial charge in [-0.05, 0) is 31.8 Å².